The van der Waals surface area contributed by atoms with Crippen LogP contribution in [0.1, 0.15) is 33.6 Å². The third kappa shape index (κ3) is 4.28. The van der Waals surface area contributed by atoms with Gasteiger partial charge in [0.2, 0.25) is 0 Å². The summed E-state index contributed by atoms with van der Waals surface area (Å²) < 4.78 is 5.55. The van der Waals surface area contributed by atoms with Gasteiger partial charge in [-0.25, -0.2) is 4.79 Å². The van der Waals surface area contributed by atoms with E-state index < -0.39 is 5.60 Å². The minimum Gasteiger partial charge on any atom is -0.444 e. The highest BCUT2D eigenvalue weighted by molar-refractivity contribution is 7.99. The first kappa shape index (κ1) is 15.0. The Bertz CT molecular complexity index is 311. The summed E-state index contributed by atoms with van der Waals surface area (Å²) in [7, 11) is 0. The molecule has 2 aliphatic heterocycles. The highest BCUT2D eigenvalue weighted by Gasteiger charge is 2.35. The van der Waals surface area contributed by atoms with Crippen LogP contribution in [0.25, 0.3) is 0 Å². The standard InChI is InChI=1S/C14H26N2O2S/c1-14(2,3)18-13(17)16-7-6-15-9-12(16)11-5-4-8-19-10-11/h11-12,15H,4-10H2,1-3H3. The molecule has 4 nitrogen and oxygen atoms in total. The smallest absolute Gasteiger partial charge is 0.410 e. The van der Waals surface area contributed by atoms with Gasteiger partial charge in [0.05, 0.1) is 6.04 Å². The van der Waals surface area contributed by atoms with Crippen molar-refractivity contribution < 1.29 is 9.53 Å². The Labute approximate surface area is 120 Å². The third-order valence-electron chi connectivity index (χ3n) is 3.65. The zero-order chi connectivity index (χ0) is 13.9. The van der Waals surface area contributed by atoms with Crippen molar-refractivity contribution in [1.29, 1.82) is 0 Å². The number of nitrogens with one attached hydrogen (secondary N) is 1. The molecule has 2 saturated heterocycles. The highest BCUT2D eigenvalue weighted by atomic mass is 32.2. The Balaban J connectivity index is 2.00. The Hall–Kier alpha value is -0.420. The van der Waals surface area contributed by atoms with Crippen molar-refractivity contribution in [3.8, 4) is 0 Å². The van der Waals surface area contributed by atoms with E-state index in [1.807, 2.05) is 37.4 Å². The largest absolute Gasteiger partial charge is 0.444 e. The second-order valence-corrected chi connectivity index (χ2v) is 7.57. The first-order valence-electron chi connectivity index (χ1n) is 7.25. The quantitative estimate of drug-likeness (QED) is 0.803. The van der Waals surface area contributed by atoms with E-state index in [-0.39, 0.29) is 6.09 Å². The Morgan fingerprint density at radius 3 is 2.84 bits per heavy atom. The van der Waals surface area contributed by atoms with E-state index in [0.29, 0.717) is 12.0 Å². The van der Waals surface area contributed by atoms with Crippen LogP contribution in [0.4, 0.5) is 4.79 Å². The molecule has 5 heteroatoms. The number of thioether (sulfide) groups is 1. The fourth-order valence-electron chi connectivity index (χ4n) is 2.76. The van der Waals surface area contributed by atoms with Crippen LogP contribution >= 0.6 is 11.8 Å². The van der Waals surface area contributed by atoms with Crippen LogP contribution in [-0.2, 0) is 4.74 Å². The number of rotatable bonds is 1. The number of piperazine rings is 1. The molecule has 2 heterocycles. The van der Waals surface area contributed by atoms with Crippen LogP contribution in [0, 0.1) is 5.92 Å². The summed E-state index contributed by atoms with van der Waals surface area (Å²) in [5.41, 5.74) is -0.409. The molecule has 1 N–H and O–H groups in total. The van der Waals surface area contributed by atoms with Crippen molar-refractivity contribution in [2.24, 2.45) is 5.92 Å². The molecule has 19 heavy (non-hydrogen) atoms. The summed E-state index contributed by atoms with van der Waals surface area (Å²) in [5.74, 6) is 3.05. The predicted octanol–water partition coefficient (Wildman–Crippen LogP) is 2.34. The SMILES string of the molecule is CC(C)(C)OC(=O)N1CCNCC1C1CCCSC1. The maximum absolute atomic E-state index is 12.3. The number of amides is 1. The van der Waals surface area contributed by atoms with Gasteiger partial charge >= 0.3 is 6.09 Å². The number of carbonyl (C=O) groups is 1. The van der Waals surface area contributed by atoms with Crippen molar-refractivity contribution in [3.63, 3.8) is 0 Å². The van der Waals surface area contributed by atoms with Gasteiger partial charge in [-0.05, 0) is 51.0 Å². The molecule has 2 rings (SSSR count). The van der Waals surface area contributed by atoms with Gasteiger partial charge in [-0.15, -0.1) is 0 Å². The molecule has 0 saturated carbocycles. The summed E-state index contributed by atoms with van der Waals surface area (Å²) in [4.78, 5) is 14.3. The van der Waals surface area contributed by atoms with E-state index in [4.69, 9.17) is 4.74 Å². The summed E-state index contributed by atoms with van der Waals surface area (Å²) in [6.07, 6.45) is 2.36. The second kappa shape index (κ2) is 6.35. The highest BCUT2D eigenvalue weighted by Crippen LogP contribution is 2.29. The summed E-state index contributed by atoms with van der Waals surface area (Å²) in [6.45, 7) is 8.33. The van der Waals surface area contributed by atoms with Gasteiger partial charge in [-0.2, -0.15) is 11.8 Å². The van der Waals surface area contributed by atoms with Crippen LogP contribution in [-0.4, -0.2) is 53.8 Å². The van der Waals surface area contributed by atoms with Crippen LogP contribution in [0.2, 0.25) is 0 Å². The van der Waals surface area contributed by atoms with E-state index in [9.17, 15) is 4.79 Å². The van der Waals surface area contributed by atoms with E-state index in [0.717, 1.165) is 19.6 Å². The molecular formula is C14H26N2O2S. The molecule has 0 bridgehead atoms. The summed E-state index contributed by atoms with van der Waals surface area (Å²) >= 11 is 2.02. The monoisotopic (exact) mass is 286 g/mol. The lowest BCUT2D eigenvalue weighted by atomic mass is 9.94. The topological polar surface area (TPSA) is 41.6 Å². The molecule has 2 unspecified atom stereocenters. The minimum absolute atomic E-state index is 0.144. The van der Waals surface area contributed by atoms with Crippen molar-refractivity contribution in [1.82, 2.24) is 10.2 Å². The van der Waals surface area contributed by atoms with Crippen LogP contribution in [0.5, 0.6) is 0 Å². The van der Waals surface area contributed by atoms with E-state index in [1.54, 1.807) is 0 Å². The predicted molar refractivity (Wildman–Crippen MR) is 79.6 cm³/mol. The average Bonchev–Trinajstić information content (AvgIpc) is 2.38. The molecule has 0 spiro atoms. The number of ether oxygens (including phenoxy) is 1. The van der Waals surface area contributed by atoms with E-state index >= 15 is 0 Å². The molecule has 2 fully saturated rings. The summed E-state index contributed by atoms with van der Waals surface area (Å²) in [6, 6.07) is 0.302. The molecule has 0 aliphatic carbocycles. The molecule has 0 aromatic rings. The fraction of sp³-hybridized carbons (Fsp3) is 0.929. The molecule has 2 aliphatic rings. The zero-order valence-electron chi connectivity index (χ0n) is 12.3. The van der Waals surface area contributed by atoms with Gasteiger partial charge in [-0.1, -0.05) is 0 Å². The maximum Gasteiger partial charge on any atom is 0.410 e. The van der Waals surface area contributed by atoms with Crippen molar-refractivity contribution in [3.05, 3.63) is 0 Å². The zero-order valence-corrected chi connectivity index (χ0v) is 13.1. The first-order valence-corrected chi connectivity index (χ1v) is 8.41. The van der Waals surface area contributed by atoms with Gasteiger partial charge in [0.1, 0.15) is 5.60 Å². The lowest BCUT2D eigenvalue weighted by Gasteiger charge is -2.42. The minimum atomic E-state index is -0.409. The second-order valence-electron chi connectivity index (χ2n) is 6.42. The normalized spacial score (nSPS) is 29.1. The van der Waals surface area contributed by atoms with Gasteiger partial charge < -0.3 is 15.0 Å². The van der Waals surface area contributed by atoms with Gasteiger partial charge in [0.15, 0.2) is 0 Å². The van der Waals surface area contributed by atoms with E-state index in [2.05, 4.69) is 5.32 Å². The van der Waals surface area contributed by atoms with Crippen LogP contribution < -0.4 is 5.32 Å². The molecule has 1 amide bonds. The number of carbonyl (C=O) groups excluding carboxylic acids is 1. The lowest BCUT2D eigenvalue weighted by molar-refractivity contribution is 0.00508. The molecular weight excluding hydrogens is 260 g/mol. The average molecular weight is 286 g/mol. The molecule has 2 atom stereocenters. The molecule has 0 radical (unpaired) electrons. The summed E-state index contributed by atoms with van der Waals surface area (Å²) in [5, 5.41) is 3.42. The molecule has 110 valence electrons. The molecule has 0 aromatic heterocycles. The van der Waals surface area contributed by atoms with Gasteiger partial charge in [-0.3, -0.25) is 0 Å². The fourth-order valence-corrected chi connectivity index (χ4v) is 3.99. The maximum atomic E-state index is 12.3. The van der Waals surface area contributed by atoms with Gasteiger partial charge in [0.25, 0.3) is 0 Å². The van der Waals surface area contributed by atoms with E-state index in [1.165, 1.54) is 24.3 Å². The van der Waals surface area contributed by atoms with Crippen molar-refractivity contribution in [2.75, 3.05) is 31.1 Å². The third-order valence-corrected chi connectivity index (χ3v) is 4.89. The lowest BCUT2D eigenvalue weighted by Crippen LogP contribution is -2.58. The number of nitrogens with zero attached hydrogens (tertiary/aromatic N) is 1. The van der Waals surface area contributed by atoms with Crippen LogP contribution in [0.15, 0.2) is 0 Å². The first-order chi connectivity index (χ1) is 8.97. The van der Waals surface area contributed by atoms with Crippen LogP contribution in [0.3, 0.4) is 0 Å². The Morgan fingerprint density at radius 2 is 2.21 bits per heavy atom. The van der Waals surface area contributed by atoms with Crippen molar-refractivity contribution >= 4 is 17.9 Å². The number of hydrogen-bond acceptors (Lipinski definition) is 4. The Morgan fingerprint density at radius 1 is 1.42 bits per heavy atom. The van der Waals surface area contributed by atoms with Gasteiger partial charge in [0, 0.05) is 19.6 Å². The van der Waals surface area contributed by atoms with Crippen molar-refractivity contribution in [2.45, 2.75) is 45.3 Å². The Kier molecular flexibility index (Phi) is 5.01. The molecule has 0 aromatic carbocycles. The number of hydrogen-bond donors (Lipinski definition) is 1.